The Morgan fingerprint density at radius 2 is 2.00 bits per heavy atom. The highest BCUT2D eigenvalue weighted by Gasteiger charge is 2.01. The minimum Gasteiger partial charge on any atom is -0.481 e. The molecular formula is C7H14N2O3. The minimum absolute atomic E-state index is 0.0910. The fourth-order valence-corrected chi connectivity index (χ4v) is 0.593. The van der Waals surface area contributed by atoms with Gasteiger partial charge in [-0.25, -0.2) is 4.79 Å². The molecule has 70 valence electrons. The lowest BCUT2D eigenvalue weighted by Crippen LogP contribution is -2.35. The molecule has 0 fully saturated rings. The molecule has 0 aromatic heterocycles. The number of rotatable bonds is 4. The van der Waals surface area contributed by atoms with E-state index in [9.17, 15) is 9.59 Å². The highest BCUT2D eigenvalue weighted by molar-refractivity contribution is 5.73. The van der Waals surface area contributed by atoms with E-state index in [-0.39, 0.29) is 12.5 Å². The summed E-state index contributed by atoms with van der Waals surface area (Å²) in [6.07, 6.45) is 0.558. The summed E-state index contributed by atoms with van der Waals surface area (Å²) in [5.41, 5.74) is 0. The SMILES string of the molecule is CN(C)C(=O)NCCCC(=O)O. The van der Waals surface area contributed by atoms with E-state index in [1.807, 2.05) is 0 Å². The van der Waals surface area contributed by atoms with Gasteiger partial charge in [-0.05, 0) is 6.42 Å². The summed E-state index contributed by atoms with van der Waals surface area (Å²) < 4.78 is 0. The van der Waals surface area contributed by atoms with Crippen LogP contribution in [0.2, 0.25) is 0 Å². The molecule has 0 aliphatic rings. The van der Waals surface area contributed by atoms with Crippen LogP contribution >= 0.6 is 0 Å². The number of hydrogen-bond donors (Lipinski definition) is 2. The normalized spacial score (nSPS) is 9.17. The quantitative estimate of drug-likeness (QED) is 0.595. The Labute approximate surface area is 71.4 Å². The monoisotopic (exact) mass is 174 g/mol. The van der Waals surface area contributed by atoms with Gasteiger partial charge in [-0.3, -0.25) is 4.79 Å². The standard InChI is InChI=1S/C7H14N2O3/c1-9(2)7(12)8-5-3-4-6(10)11/h3-5H2,1-2H3,(H,8,12)(H,10,11). The first-order chi connectivity index (χ1) is 5.54. The Balaban J connectivity index is 3.32. The number of hydrogen-bond acceptors (Lipinski definition) is 2. The molecule has 2 N–H and O–H groups in total. The van der Waals surface area contributed by atoms with Gasteiger partial charge in [0.2, 0.25) is 0 Å². The van der Waals surface area contributed by atoms with Crippen LogP contribution in [0.5, 0.6) is 0 Å². The molecular weight excluding hydrogens is 160 g/mol. The lowest BCUT2D eigenvalue weighted by atomic mass is 10.3. The van der Waals surface area contributed by atoms with Crippen molar-refractivity contribution in [1.29, 1.82) is 0 Å². The molecule has 0 radical (unpaired) electrons. The summed E-state index contributed by atoms with van der Waals surface area (Å²) in [4.78, 5) is 22.3. The number of carboxylic acids is 1. The molecule has 0 saturated carbocycles. The molecule has 0 spiro atoms. The summed E-state index contributed by atoms with van der Waals surface area (Å²) in [6.45, 7) is 0.406. The van der Waals surface area contributed by atoms with E-state index < -0.39 is 5.97 Å². The molecule has 2 amide bonds. The molecule has 0 aromatic rings. The number of carbonyl (C=O) groups is 2. The van der Waals surface area contributed by atoms with Gasteiger partial charge in [0.25, 0.3) is 0 Å². The molecule has 0 heterocycles. The fraction of sp³-hybridized carbons (Fsp3) is 0.714. The van der Waals surface area contributed by atoms with E-state index in [2.05, 4.69) is 5.32 Å². The molecule has 0 bridgehead atoms. The predicted octanol–water partition coefficient (Wildman–Crippen LogP) is 0.122. The average molecular weight is 174 g/mol. The first kappa shape index (κ1) is 10.7. The zero-order valence-corrected chi connectivity index (χ0v) is 7.33. The van der Waals surface area contributed by atoms with Crippen LogP contribution in [0, 0.1) is 0 Å². The molecule has 5 nitrogen and oxygen atoms in total. The summed E-state index contributed by atoms with van der Waals surface area (Å²) in [5, 5.41) is 10.8. The highest BCUT2D eigenvalue weighted by atomic mass is 16.4. The molecule has 5 heteroatoms. The third-order valence-corrected chi connectivity index (χ3v) is 1.25. The lowest BCUT2D eigenvalue weighted by molar-refractivity contribution is -0.137. The average Bonchev–Trinajstić information content (AvgIpc) is 1.97. The van der Waals surface area contributed by atoms with Gasteiger partial charge in [0.15, 0.2) is 0 Å². The maximum Gasteiger partial charge on any atom is 0.316 e. The summed E-state index contributed by atoms with van der Waals surface area (Å²) >= 11 is 0. The van der Waals surface area contributed by atoms with Crippen molar-refractivity contribution in [3.8, 4) is 0 Å². The predicted molar refractivity (Wildman–Crippen MR) is 44.0 cm³/mol. The van der Waals surface area contributed by atoms with Crippen LogP contribution < -0.4 is 5.32 Å². The van der Waals surface area contributed by atoms with Crippen LogP contribution in [0.1, 0.15) is 12.8 Å². The second kappa shape index (κ2) is 5.40. The van der Waals surface area contributed by atoms with Crippen molar-refractivity contribution in [3.63, 3.8) is 0 Å². The van der Waals surface area contributed by atoms with E-state index >= 15 is 0 Å². The smallest absolute Gasteiger partial charge is 0.316 e. The van der Waals surface area contributed by atoms with Crippen LogP contribution in [-0.2, 0) is 4.79 Å². The van der Waals surface area contributed by atoms with Gasteiger partial charge in [-0.15, -0.1) is 0 Å². The Morgan fingerprint density at radius 3 is 2.42 bits per heavy atom. The van der Waals surface area contributed by atoms with Crippen LogP contribution in [0.25, 0.3) is 0 Å². The molecule has 0 rings (SSSR count). The van der Waals surface area contributed by atoms with Crippen molar-refractivity contribution in [2.45, 2.75) is 12.8 Å². The Morgan fingerprint density at radius 1 is 1.42 bits per heavy atom. The molecule has 0 atom stereocenters. The van der Waals surface area contributed by atoms with Crippen molar-refractivity contribution in [2.24, 2.45) is 0 Å². The number of nitrogens with zero attached hydrogens (tertiary/aromatic N) is 1. The summed E-state index contributed by atoms with van der Waals surface area (Å²) in [7, 11) is 3.26. The van der Waals surface area contributed by atoms with Crippen molar-refractivity contribution in [2.75, 3.05) is 20.6 Å². The maximum absolute atomic E-state index is 10.9. The van der Waals surface area contributed by atoms with Crippen molar-refractivity contribution < 1.29 is 14.7 Å². The zero-order chi connectivity index (χ0) is 9.56. The van der Waals surface area contributed by atoms with E-state index in [1.54, 1.807) is 14.1 Å². The van der Waals surface area contributed by atoms with Gasteiger partial charge < -0.3 is 15.3 Å². The van der Waals surface area contributed by atoms with Gasteiger partial charge in [-0.2, -0.15) is 0 Å². The van der Waals surface area contributed by atoms with Crippen molar-refractivity contribution >= 4 is 12.0 Å². The minimum atomic E-state index is -0.839. The first-order valence-corrected chi connectivity index (χ1v) is 3.71. The van der Waals surface area contributed by atoms with E-state index in [4.69, 9.17) is 5.11 Å². The van der Waals surface area contributed by atoms with Gasteiger partial charge in [0, 0.05) is 27.1 Å². The third-order valence-electron chi connectivity index (χ3n) is 1.25. The van der Waals surface area contributed by atoms with Crippen LogP contribution in [0.4, 0.5) is 4.79 Å². The molecule has 0 aromatic carbocycles. The largest absolute Gasteiger partial charge is 0.481 e. The third kappa shape index (κ3) is 5.52. The van der Waals surface area contributed by atoms with Crippen molar-refractivity contribution in [3.05, 3.63) is 0 Å². The molecule has 0 unspecified atom stereocenters. The molecule has 0 saturated heterocycles. The Hall–Kier alpha value is -1.26. The maximum atomic E-state index is 10.9. The van der Waals surface area contributed by atoms with Gasteiger partial charge >= 0.3 is 12.0 Å². The second-order valence-corrected chi connectivity index (χ2v) is 2.62. The van der Waals surface area contributed by atoms with E-state index in [1.165, 1.54) is 4.90 Å². The molecule has 12 heavy (non-hydrogen) atoms. The number of carboxylic acid groups (broad SMARTS) is 1. The lowest BCUT2D eigenvalue weighted by Gasteiger charge is -2.10. The first-order valence-electron chi connectivity index (χ1n) is 3.71. The number of amides is 2. The number of aliphatic carboxylic acids is 1. The van der Waals surface area contributed by atoms with Crippen LogP contribution in [0.15, 0.2) is 0 Å². The molecule has 0 aliphatic heterocycles. The Bertz CT molecular complexity index is 168. The second-order valence-electron chi connectivity index (χ2n) is 2.62. The number of urea groups is 1. The van der Waals surface area contributed by atoms with Gasteiger partial charge in [0.1, 0.15) is 0 Å². The van der Waals surface area contributed by atoms with Gasteiger partial charge in [-0.1, -0.05) is 0 Å². The van der Waals surface area contributed by atoms with Crippen molar-refractivity contribution in [1.82, 2.24) is 10.2 Å². The Kier molecular flexibility index (Phi) is 4.83. The van der Waals surface area contributed by atoms with E-state index in [0.29, 0.717) is 13.0 Å². The number of carbonyl (C=O) groups excluding carboxylic acids is 1. The van der Waals surface area contributed by atoms with E-state index in [0.717, 1.165) is 0 Å². The van der Waals surface area contributed by atoms with Crippen LogP contribution in [-0.4, -0.2) is 42.6 Å². The highest BCUT2D eigenvalue weighted by Crippen LogP contribution is 1.86. The van der Waals surface area contributed by atoms with Crippen LogP contribution in [0.3, 0.4) is 0 Å². The zero-order valence-electron chi connectivity index (χ0n) is 7.33. The van der Waals surface area contributed by atoms with Gasteiger partial charge in [0.05, 0.1) is 0 Å². The topological polar surface area (TPSA) is 69.6 Å². The number of nitrogens with one attached hydrogen (secondary N) is 1. The summed E-state index contributed by atoms with van der Waals surface area (Å²) in [5.74, 6) is -0.839. The fourth-order valence-electron chi connectivity index (χ4n) is 0.593. The summed E-state index contributed by atoms with van der Waals surface area (Å²) in [6, 6.07) is -0.194. The molecule has 0 aliphatic carbocycles.